The van der Waals surface area contributed by atoms with Gasteiger partial charge in [-0.05, 0) is 37.3 Å². The zero-order chi connectivity index (χ0) is 13.3. The highest BCUT2D eigenvalue weighted by atomic mass is 35.5. The number of ether oxygens (including phenoxy) is 1. The predicted molar refractivity (Wildman–Crippen MR) is 68.6 cm³/mol. The minimum absolute atomic E-state index is 0.0952. The molecule has 0 N–H and O–H groups in total. The third kappa shape index (κ3) is 2.57. The number of carbonyl (C=O) groups is 1. The molecular formula is C14H16ClFO2. The lowest BCUT2D eigenvalue weighted by Crippen LogP contribution is -2.31. The predicted octanol–water partition coefficient (Wildman–Crippen LogP) is 3.79. The van der Waals surface area contributed by atoms with E-state index >= 15 is 0 Å². The van der Waals surface area contributed by atoms with Gasteiger partial charge < -0.3 is 4.74 Å². The van der Waals surface area contributed by atoms with Gasteiger partial charge >= 0.3 is 0 Å². The van der Waals surface area contributed by atoms with Gasteiger partial charge in [-0.2, -0.15) is 0 Å². The first-order valence-electron chi connectivity index (χ1n) is 6.11. The van der Waals surface area contributed by atoms with Crippen molar-refractivity contribution < 1.29 is 13.9 Å². The summed E-state index contributed by atoms with van der Waals surface area (Å²) >= 11 is 5.89. The van der Waals surface area contributed by atoms with E-state index in [1.807, 2.05) is 0 Å². The van der Waals surface area contributed by atoms with E-state index in [0.29, 0.717) is 24.5 Å². The van der Waals surface area contributed by atoms with Crippen molar-refractivity contribution in [2.75, 3.05) is 6.61 Å². The van der Waals surface area contributed by atoms with Crippen LogP contribution in [-0.2, 0) is 4.74 Å². The third-order valence-electron chi connectivity index (χ3n) is 3.34. The second-order valence-electron chi connectivity index (χ2n) is 4.93. The molecule has 1 aliphatic heterocycles. The highest BCUT2D eigenvalue weighted by Crippen LogP contribution is 2.27. The van der Waals surface area contributed by atoms with Crippen molar-refractivity contribution in [2.24, 2.45) is 5.92 Å². The van der Waals surface area contributed by atoms with E-state index in [4.69, 9.17) is 16.3 Å². The molecule has 1 unspecified atom stereocenters. The van der Waals surface area contributed by atoms with Crippen molar-refractivity contribution in [3.05, 3.63) is 34.1 Å². The number of rotatable bonds is 2. The van der Waals surface area contributed by atoms with Gasteiger partial charge in [-0.25, -0.2) is 4.39 Å². The van der Waals surface area contributed by atoms with Crippen LogP contribution in [0.3, 0.4) is 0 Å². The number of hydrogen-bond acceptors (Lipinski definition) is 2. The lowest BCUT2D eigenvalue weighted by Gasteiger charge is -2.26. The molecule has 0 bridgehead atoms. The molecule has 2 atom stereocenters. The van der Waals surface area contributed by atoms with E-state index in [1.165, 1.54) is 0 Å². The van der Waals surface area contributed by atoms with Crippen LogP contribution in [0.1, 0.15) is 35.7 Å². The summed E-state index contributed by atoms with van der Waals surface area (Å²) in [5.41, 5.74) is 0.661. The fraction of sp³-hybridized carbons (Fsp3) is 0.500. The monoisotopic (exact) mass is 270 g/mol. The lowest BCUT2D eigenvalue weighted by atomic mass is 9.95. The second-order valence-corrected chi connectivity index (χ2v) is 5.30. The summed E-state index contributed by atoms with van der Waals surface area (Å²) in [6, 6.07) is 3.14. The molecule has 18 heavy (non-hydrogen) atoms. The number of carbonyl (C=O) groups excluding carboxylic acids is 1. The van der Waals surface area contributed by atoms with E-state index in [-0.39, 0.29) is 16.4 Å². The average molecular weight is 271 g/mol. The molecule has 0 radical (unpaired) electrons. The van der Waals surface area contributed by atoms with Crippen molar-refractivity contribution in [2.45, 2.75) is 32.8 Å². The van der Waals surface area contributed by atoms with Crippen molar-refractivity contribution in [3.8, 4) is 0 Å². The molecule has 0 amide bonds. The van der Waals surface area contributed by atoms with Gasteiger partial charge in [0.15, 0.2) is 5.78 Å². The van der Waals surface area contributed by atoms with Crippen molar-refractivity contribution in [3.63, 3.8) is 0 Å². The Bertz CT molecular complexity index is 465. The summed E-state index contributed by atoms with van der Waals surface area (Å²) in [6.07, 6.45) is 1.13. The molecule has 1 fully saturated rings. The van der Waals surface area contributed by atoms with Gasteiger partial charge in [-0.3, -0.25) is 4.79 Å². The van der Waals surface area contributed by atoms with Crippen LogP contribution >= 0.6 is 11.6 Å². The van der Waals surface area contributed by atoms with Gasteiger partial charge in [0.05, 0.1) is 11.6 Å². The molecule has 1 heterocycles. The largest absolute Gasteiger partial charge is 0.370 e. The molecule has 98 valence electrons. The Morgan fingerprint density at radius 2 is 2.17 bits per heavy atom. The van der Waals surface area contributed by atoms with E-state index in [1.54, 1.807) is 19.1 Å². The Morgan fingerprint density at radius 1 is 1.44 bits per heavy atom. The van der Waals surface area contributed by atoms with Gasteiger partial charge in [0, 0.05) is 5.56 Å². The number of hydrogen-bond donors (Lipinski definition) is 0. The highest BCUT2D eigenvalue weighted by molar-refractivity contribution is 6.34. The zero-order valence-corrected chi connectivity index (χ0v) is 11.3. The molecule has 0 aromatic heterocycles. The van der Waals surface area contributed by atoms with E-state index < -0.39 is 11.9 Å². The van der Waals surface area contributed by atoms with E-state index in [0.717, 1.165) is 6.42 Å². The molecule has 0 spiro atoms. The van der Waals surface area contributed by atoms with Crippen LogP contribution in [-0.4, -0.2) is 18.5 Å². The van der Waals surface area contributed by atoms with E-state index in [2.05, 4.69) is 6.92 Å². The van der Waals surface area contributed by atoms with Crippen LogP contribution in [0.25, 0.3) is 0 Å². The smallest absolute Gasteiger partial charge is 0.193 e. The van der Waals surface area contributed by atoms with Gasteiger partial charge in [-0.1, -0.05) is 24.6 Å². The van der Waals surface area contributed by atoms with Crippen LogP contribution in [0.4, 0.5) is 4.39 Å². The molecule has 4 heteroatoms. The summed E-state index contributed by atoms with van der Waals surface area (Å²) in [7, 11) is 0. The molecule has 1 aromatic rings. The molecule has 0 aliphatic carbocycles. The SMILES string of the molecule is Cc1ccc(C(=O)[C@@H]2CCC(C)CO2)c(Cl)c1F. The van der Waals surface area contributed by atoms with Crippen LogP contribution in [0.15, 0.2) is 12.1 Å². The van der Waals surface area contributed by atoms with Gasteiger partial charge in [0.2, 0.25) is 0 Å². The number of aryl methyl sites for hydroxylation is 1. The number of benzene rings is 1. The summed E-state index contributed by atoms with van der Waals surface area (Å²) in [6.45, 7) is 4.27. The Hall–Kier alpha value is -0.930. The van der Waals surface area contributed by atoms with Gasteiger partial charge in [-0.15, -0.1) is 0 Å². The zero-order valence-electron chi connectivity index (χ0n) is 10.5. The first-order chi connectivity index (χ1) is 8.50. The average Bonchev–Trinajstić information content (AvgIpc) is 2.36. The summed E-state index contributed by atoms with van der Waals surface area (Å²) in [5.74, 6) is -0.267. The Morgan fingerprint density at radius 3 is 2.78 bits per heavy atom. The summed E-state index contributed by atoms with van der Waals surface area (Å²) in [4.78, 5) is 12.2. The second kappa shape index (κ2) is 5.37. The van der Waals surface area contributed by atoms with E-state index in [9.17, 15) is 9.18 Å². The quantitative estimate of drug-likeness (QED) is 0.765. The first kappa shape index (κ1) is 13.5. The van der Waals surface area contributed by atoms with Gasteiger partial charge in [0.1, 0.15) is 11.9 Å². The Labute approximate surface area is 111 Å². The van der Waals surface area contributed by atoms with Crippen molar-refractivity contribution >= 4 is 17.4 Å². The fourth-order valence-electron chi connectivity index (χ4n) is 2.10. The minimum Gasteiger partial charge on any atom is -0.370 e. The fourth-order valence-corrected chi connectivity index (χ4v) is 2.40. The molecular weight excluding hydrogens is 255 g/mol. The van der Waals surface area contributed by atoms with Gasteiger partial charge in [0.25, 0.3) is 0 Å². The maximum absolute atomic E-state index is 13.7. The maximum Gasteiger partial charge on any atom is 0.193 e. The molecule has 2 nitrogen and oxygen atoms in total. The van der Waals surface area contributed by atoms with Crippen LogP contribution < -0.4 is 0 Å². The first-order valence-corrected chi connectivity index (χ1v) is 6.49. The van der Waals surface area contributed by atoms with Crippen LogP contribution in [0.2, 0.25) is 5.02 Å². The molecule has 1 aliphatic rings. The molecule has 2 rings (SSSR count). The number of Topliss-reactive ketones (excluding diaryl/α,β-unsaturated/α-hetero) is 1. The molecule has 1 saturated heterocycles. The third-order valence-corrected chi connectivity index (χ3v) is 3.71. The van der Waals surface area contributed by atoms with Crippen LogP contribution in [0.5, 0.6) is 0 Å². The number of ketones is 1. The highest BCUT2D eigenvalue weighted by Gasteiger charge is 2.28. The maximum atomic E-state index is 13.7. The minimum atomic E-state index is -0.522. The van der Waals surface area contributed by atoms with Crippen molar-refractivity contribution in [1.82, 2.24) is 0 Å². The Kier molecular flexibility index (Phi) is 4.03. The molecule has 0 saturated carbocycles. The standard InChI is InChI=1S/C14H16ClFO2/c1-8-3-6-11(18-7-8)14(17)10-5-4-9(2)13(16)12(10)15/h4-5,8,11H,3,6-7H2,1-2H3/t8?,11-/m0/s1. The normalized spacial score (nSPS) is 24.0. The topological polar surface area (TPSA) is 26.3 Å². The summed E-state index contributed by atoms with van der Waals surface area (Å²) < 4.78 is 19.2. The number of halogens is 2. The van der Waals surface area contributed by atoms with Crippen LogP contribution in [0, 0.1) is 18.7 Å². The summed E-state index contributed by atoms with van der Waals surface area (Å²) in [5, 5.41) is -0.0952. The lowest BCUT2D eigenvalue weighted by molar-refractivity contribution is -0.00153. The van der Waals surface area contributed by atoms with Crippen molar-refractivity contribution in [1.29, 1.82) is 0 Å². The molecule has 1 aromatic carbocycles. The Balaban J connectivity index is 2.21.